The molecule has 0 saturated carbocycles. The van der Waals surface area contributed by atoms with E-state index in [1.54, 1.807) is 13.8 Å². The van der Waals surface area contributed by atoms with Crippen LogP contribution < -0.4 is 10.1 Å². The number of amides is 1. The lowest BCUT2D eigenvalue weighted by Gasteiger charge is -2.21. The molecule has 1 atom stereocenters. The number of nitrogens with zero attached hydrogens (tertiary/aromatic N) is 1. The fourth-order valence-corrected chi connectivity index (χ4v) is 5.35. The number of sulfone groups is 1. The number of aromatic nitrogens is 1. The molecule has 0 bridgehead atoms. The Morgan fingerprint density at radius 3 is 2.44 bits per heavy atom. The molecule has 0 saturated heterocycles. The summed E-state index contributed by atoms with van der Waals surface area (Å²) < 4.78 is 61.7. The first-order valence-corrected chi connectivity index (χ1v) is 12.0. The third kappa shape index (κ3) is 5.40. The van der Waals surface area contributed by atoms with E-state index >= 15 is 0 Å². The van der Waals surface area contributed by atoms with E-state index in [0.29, 0.717) is 17.9 Å². The minimum absolute atomic E-state index is 0.00775. The zero-order valence-corrected chi connectivity index (χ0v) is 19.4. The van der Waals surface area contributed by atoms with Crippen molar-refractivity contribution in [3.8, 4) is 5.75 Å². The lowest BCUT2D eigenvalue weighted by atomic mass is 10.0. The largest absolute Gasteiger partial charge is 0.494 e. The van der Waals surface area contributed by atoms with Gasteiger partial charge in [-0.15, -0.1) is 0 Å². The number of rotatable bonds is 9. The number of halogens is 2. The van der Waals surface area contributed by atoms with Gasteiger partial charge in [-0.1, -0.05) is 0 Å². The molecule has 3 aromatic rings. The van der Waals surface area contributed by atoms with Crippen molar-refractivity contribution in [2.24, 2.45) is 0 Å². The van der Waals surface area contributed by atoms with Crippen molar-refractivity contribution >= 4 is 15.7 Å². The van der Waals surface area contributed by atoms with Crippen LogP contribution in [0.5, 0.6) is 5.75 Å². The van der Waals surface area contributed by atoms with Gasteiger partial charge in [0.15, 0.2) is 9.84 Å². The SMILES string of the molecule is CCOc1ccc(S(=O)(=O)C(c2cnc(C(=O)NCCO)cc2C)c2cc(F)ccc2F)cc1. The Morgan fingerprint density at radius 2 is 1.82 bits per heavy atom. The number of aryl methyl sites for hydroxylation is 1. The number of pyridine rings is 1. The Hall–Kier alpha value is -3.37. The number of benzene rings is 2. The number of hydrogen-bond acceptors (Lipinski definition) is 6. The zero-order valence-electron chi connectivity index (χ0n) is 18.6. The summed E-state index contributed by atoms with van der Waals surface area (Å²) in [5.41, 5.74) is 0.0484. The average molecular weight is 491 g/mol. The Morgan fingerprint density at radius 1 is 1.12 bits per heavy atom. The maximum atomic E-state index is 14.8. The summed E-state index contributed by atoms with van der Waals surface area (Å²) in [4.78, 5) is 16.1. The molecule has 1 aromatic heterocycles. The lowest BCUT2D eigenvalue weighted by Crippen LogP contribution is -2.27. The van der Waals surface area contributed by atoms with Crippen LogP contribution in [0, 0.1) is 18.6 Å². The first-order chi connectivity index (χ1) is 16.2. The number of nitrogens with one attached hydrogen (secondary N) is 1. The van der Waals surface area contributed by atoms with E-state index in [-0.39, 0.29) is 34.9 Å². The van der Waals surface area contributed by atoms with Gasteiger partial charge < -0.3 is 15.2 Å². The normalized spacial score (nSPS) is 12.3. The number of carbonyl (C=O) groups excluding carboxylic acids is 1. The van der Waals surface area contributed by atoms with Gasteiger partial charge in [0.25, 0.3) is 5.91 Å². The summed E-state index contributed by atoms with van der Waals surface area (Å²) in [6, 6.07) is 9.61. The van der Waals surface area contributed by atoms with E-state index in [4.69, 9.17) is 9.84 Å². The molecule has 2 N–H and O–H groups in total. The van der Waals surface area contributed by atoms with Gasteiger partial charge in [-0.25, -0.2) is 17.2 Å². The highest BCUT2D eigenvalue weighted by molar-refractivity contribution is 7.92. The molecule has 1 heterocycles. The molecular weight excluding hydrogens is 466 g/mol. The summed E-state index contributed by atoms with van der Waals surface area (Å²) in [6.45, 7) is 3.50. The maximum Gasteiger partial charge on any atom is 0.269 e. The van der Waals surface area contributed by atoms with Crippen LogP contribution >= 0.6 is 0 Å². The molecule has 1 amide bonds. The van der Waals surface area contributed by atoms with Gasteiger partial charge in [0.1, 0.15) is 28.3 Å². The smallest absolute Gasteiger partial charge is 0.269 e. The summed E-state index contributed by atoms with van der Waals surface area (Å²) in [5.74, 6) is -1.79. The van der Waals surface area contributed by atoms with Gasteiger partial charge in [-0.05, 0) is 73.5 Å². The highest BCUT2D eigenvalue weighted by Crippen LogP contribution is 2.38. The quantitative estimate of drug-likeness (QED) is 0.477. The Kier molecular flexibility index (Phi) is 7.95. The summed E-state index contributed by atoms with van der Waals surface area (Å²) in [6.07, 6.45) is 1.17. The molecule has 0 aliphatic carbocycles. The first-order valence-electron chi connectivity index (χ1n) is 10.5. The van der Waals surface area contributed by atoms with Crippen molar-refractivity contribution in [1.29, 1.82) is 0 Å². The standard InChI is InChI=1S/C24H24F2N2O5S/c1-3-33-17-5-7-18(8-6-17)34(31,32)23(19-13-16(25)4-9-21(19)26)20-14-28-22(12-15(20)2)24(30)27-10-11-29/h4-9,12-14,23,29H,3,10-11H2,1-2H3,(H,27,30). The Bertz CT molecular complexity index is 1280. The van der Waals surface area contributed by atoms with Crippen molar-refractivity contribution in [1.82, 2.24) is 10.3 Å². The van der Waals surface area contributed by atoms with Crippen molar-refractivity contribution in [2.45, 2.75) is 24.0 Å². The van der Waals surface area contributed by atoms with Crippen molar-refractivity contribution in [3.05, 3.63) is 88.7 Å². The zero-order chi connectivity index (χ0) is 24.9. The molecule has 0 aliphatic heterocycles. The molecule has 10 heteroatoms. The fraction of sp³-hybridized carbons (Fsp3) is 0.250. The van der Waals surface area contributed by atoms with Gasteiger partial charge in [0.05, 0.1) is 18.1 Å². The molecule has 2 aromatic carbocycles. The summed E-state index contributed by atoms with van der Waals surface area (Å²) >= 11 is 0. The second-order valence-corrected chi connectivity index (χ2v) is 9.43. The van der Waals surface area contributed by atoms with Gasteiger partial charge in [-0.2, -0.15) is 0 Å². The van der Waals surface area contributed by atoms with Gasteiger partial charge in [-0.3, -0.25) is 9.78 Å². The topological polar surface area (TPSA) is 106 Å². The molecule has 3 rings (SSSR count). The maximum absolute atomic E-state index is 14.8. The second-order valence-electron chi connectivity index (χ2n) is 7.40. The van der Waals surface area contributed by atoms with E-state index in [9.17, 15) is 22.0 Å². The molecular formula is C24H24F2N2O5S. The van der Waals surface area contributed by atoms with Crippen molar-refractivity contribution in [3.63, 3.8) is 0 Å². The number of aliphatic hydroxyl groups excluding tert-OH is 1. The van der Waals surface area contributed by atoms with E-state index < -0.39 is 32.6 Å². The predicted octanol–water partition coefficient (Wildman–Crippen LogP) is 3.35. The third-order valence-corrected chi connectivity index (χ3v) is 7.14. The summed E-state index contributed by atoms with van der Waals surface area (Å²) in [5, 5.41) is 9.71. The molecule has 7 nitrogen and oxygen atoms in total. The first kappa shape index (κ1) is 25.3. The minimum atomic E-state index is -4.28. The van der Waals surface area contributed by atoms with Gasteiger partial charge in [0, 0.05) is 18.3 Å². The molecule has 1 unspecified atom stereocenters. The Balaban J connectivity index is 2.15. The third-order valence-electron chi connectivity index (χ3n) is 5.08. The molecule has 0 spiro atoms. The minimum Gasteiger partial charge on any atom is -0.494 e. The van der Waals surface area contributed by atoms with Crippen LogP contribution in [-0.4, -0.2) is 44.2 Å². The molecule has 180 valence electrons. The van der Waals surface area contributed by atoms with E-state index in [1.165, 1.54) is 36.5 Å². The molecule has 34 heavy (non-hydrogen) atoms. The highest BCUT2D eigenvalue weighted by Gasteiger charge is 2.35. The number of hydrogen-bond donors (Lipinski definition) is 2. The fourth-order valence-electron chi connectivity index (χ4n) is 3.47. The number of ether oxygens (including phenoxy) is 1. The molecule has 0 radical (unpaired) electrons. The second kappa shape index (κ2) is 10.7. The van der Waals surface area contributed by atoms with Crippen LogP contribution in [0.4, 0.5) is 8.78 Å². The predicted molar refractivity (Wildman–Crippen MR) is 121 cm³/mol. The number of carbonyl (C=O) groups is 1. The van der Waals surface area contributed by atoms with E-state index in [0.717, 1.165) is 18.2 Å². The summed E-state index contributed by atoms with van der Waals surface area (Å²) in [7, 11) is -4.28. The molecule has 0 fully saturated rings. The van der Waals surface area contributed by atoms with Crippen LogP contribution in [-0.2, 0) is 9.84 Å². The van der Waals surface area contributed by atoms with Crippen molar-refractivity contribution < 1.29 is 31.8 Å². The van der Waals surface area contributed by atoms with E-state index in [1.807, 2.05) is 0 Å². The number of aliphatic hydroxyl groups is 1. The molecule has 0 aliphatic rings. The lowest BCUT2D eigenvalue weighted by molar-refractivity contribution is 0.0939. The van der Waals surface area contributed by atoms with Crippen LogP contribution in [0.2, 0.25) is 0 Å². The highest BCUT2D eigenvalue weighted by atomic mass is 32.2. The van der Waals surface area contributed by atoms with Gasteiger partial charge >= 0.3 is 0 Å². The van der Waals surface area contributed by atoms with Crippen molar-refractivity contribution in [2.75, 3.05) is 19.8 Å². The Labute approximate surface area is 196 Å². The van der Waals surface area contributed by atoms with E-state index in [2.05, 4.69) is 10.3 Å². The van der Waals surface area contributed by atoms with Crippen LogP contribution in [0.25, 0.3) is 0 Å². The monoisotopic (exact) mass is 490 g/mol. The van der Waals surface area contributed by atoms with Crippen LogP contribution in [0.3, 0.4) is 0 Å². The van der Waals surface area contributed by atoms with Crippen LogP contribution in [0.15, 0.2) is 59.6 Å². The average Bonchev–Trinajstić information content (AvgIpc) is 2.81. The van der Waals surface area contributed by atoms with Crippen LogP contribution in [0.1, 0.15) is 39.4 Å². The van der Waals surface area contributed by atoms with Gasteiger partial charge in [0.2, 0.25) is 0 Å².